The SMILES string of the molecule is CCCCO[SH]=C(N)C1(C)CC(NC(=S)OCCCC)CC(C)(C)C1. The molecule has 0 aromatic rings. The van der Waals surface area contributed by atoms with Crippen LogP contribution in [0.15, 0.2) is 0 Å². The molecule has 2 unspecified atom stereocenters. The fourth-order valence-corrected chi connectivity index (χ4v) is 4.73. The maximum atomic E-state index is 6.46. The molecule has 1 saturated carbocycles. The van der Waals surface area contributed by atoms with Crippen molar-refractivity contribution in [2.24, 2.45) is 16.6 Å². The van der Waals surface area contributed by atoms with Crippen LogP contribution in [0.4, 0.5) is 0 Å². The maximum absolute atomic E-state index is 6.46. The van der Waals surface area contributed by atoms with E-state index in [2.05, 4.69) is 39.9 Å². The summed E-state index contributed by atoms with van der Waals surface area (Å²) >= 11 is 6.19. The number of thiocarbonyl (C=S) groups is 1. The molecule has 4 nitrogen and oxygen atoms in total. The predicted molar refractivity (Wildman–Crippen MR) is 115 cm³/mol. The van der Waals surface area contributed by atoms with Crippen LogP contribution < -0.4 is 11.1 Å². The van der Waals surface area contributed by atoms with Gasteiger partial charge in [0.25, 0.3) is 5.17 Å². The van der Waals surface area contributed by atoms with Gasteiger partial charge in [-0.05, 0) is 49.7 Å². The van der Waals surface area contributed by atoms with Crippen LogP contribution in [0.2, 0.25) is 0 Å². The molecule has 2 atom stereocenters. The van der Waals surface area contributed by atoms with Gasteiger partial charge in [0.2, 0.25) is 0 Å². The van der Waals surface area contributed by atoms with E-state index in [-0.39, 0.29) is 16.9 Å². The molecular formula is C19H38N2O2S2. The number of hydrogen-bond acceptors (Lipinski definition) is 3. The van der Waals surface area contributed by atoms with Crippen LogP contribution in [0.5, 0.6) is 0 Å². The van der Waals surface area contributed by atoms with E-state index in [0.717, 1.165) is 68.2 Å². The highest BCUT2D eigenvalue weighted by molar-refractivity contribution is 7.94. The standard InChI is InChI=1S/C19H38N2O2S2/c1-6-8-10-22-17(24)21-15-12-18(3,4)14-19(5,13-15)16(20)25-23-11-9-7-2/h15,25H,6-14,20H2,1-5H3,(H,21,24). The van der Waals surface area contributed by atoms with Crippen LogP contribution in [0.25, 0.3) is 0 Å². The zero-order chi connectivity index (χ0) is 18.9. The summed E-state index contributed by atoms with van der Waals surface area (Å²) in [5, 5.41) is 3.94. The van der Waals surface area contributed by atoms with E-state index >= 15 is 0 Å². The molecule has 6 heteroatoms. The molecule has 1 aliphatic carbocycles. The van der Waals surface area contributed by atoms with Gasteiger partial charge < -0.3 is 14.2 Å². The van der Waals surface area contributed by atoms with Gasteiger partial charge in [-0.2, -0.15) is 0 Å². The molecule has 25 heavy (non-hydrogen) atoms. The third-order valence-corrected chi connectivity index (χ3v) is 6.07. The van der Waals surface area contributed by atoms with Crippen molar-refractivity contribution in [3.63, 3.8) is 0 Å². The molecule has 1 aliphatic rings. The lowest BCUT2D eigenvalue weighted by Gasteiger charge is -2.47. The Morgan fingerprint density at radius 2 is 1.80 bits per heavy atom. The first-order valence-corrected chi connectivity index (χ1v) is 10.8. The molecule has 0 aromatic carbocycles. The zero-order valence-electron chi connectivity index (χ0n) is 16.7. The predicted octanol–water partition coefficient (Wildman–Crippen LogP) is 4.55. The van der Waals surface area contributed by atoms with E-state index < -0.39 is 0 Å². The Hall–Kier alpha value is -0.170. The number of ether oxygens (including phenoxy) is 1. The van der Waals surface area contributed by atoms with Gasteiger partial charge in [0, 0.05) is 16.4 Å². The fourth-order valence-electron chi connectivity index (χ4n) is 3.73. The largest absolute Gasteiger partial charge is 0.471 e. The van der Waals surface area contributed by atoms with Crippen LogP contribution in [0.1, 0.15) is 79.6 Å². The summed E-state index contributed by atoms with van der Waals surface area (Å²) in [7, 11) is 0. The molecule has 0 amide bonds. The van der Waals surface area contributed by atoms with Crippen molar-refractivity contribution in [3.05, 3.63) is 0 Å². The summed E-state index contributed by atoms with van der Waals surface area (Å²) in [5.74, 6) is 0. The molecule has 0 saturated heterocycles. The first kappa shape index (κ1) is 22.9. The molecule has 0 heterocycles. The van der Waals surface area contributed by atoms with Gasteiger partial charge in [0.1, 0.15) is 0 Å². The first-order valence-electron chi connectivity index (χ1n) is 9.61. The summed E-state index contributed by atoms with van der Waals surface area (Å²) in [6, 6.07) is 0.285. The normalized spacial score (nSPS) is 26.6. The molecule has 1 fully saturated rings. The van der Waals surface area contributed by atoms with Crippen LogP contribution >= 0.6 is 23.8 Å². The van der Waals surface area contributed by atoms with Crippen LogP contribution in [-0.4, -0.2) is 29.4 Å². The molecule has 0 radical (unpaired) electrons. The Balaban J connectivity index is 2.69. The van der Waals surface area contributed by atoms with Gasteiger partial charge in [0.15, 0.2) is 0 Å². The second kappa shape index (κ2) is 10.9. The minimum atomic E-state index is -0.0494. The molecule has 148 valence electrons. The first-order chi connectivity index (χ1) is 11.7. The van der Waals surface area contributed by atoms with Crippen molar-refractivity contribution in [2.45, 2.75) is 85.6 Å². The van der Waals surface area contributed by atoms with Gasteiger partial charge in [-0.1, -0.05) is 59.1 Å². The topological polar surface area (TPSA) is 56.5 Å². The molecular weight excluding hydrogens is 352 g/mol. The molecule has 0 aromatic heterocycles. The van der Waals surface area contributed by atoms with Gasteiger partial charge in [-0.3, -0.25) is 5.73 Å². The van der Waals surface area contributed by atoms with E-state index in [0.29, 0.717) is 11.8 Å². The number of nitrogens with two attached hydrogens (primary N) is 1. The van der Waals surface area contributed by atoms with Crippen LogP contribution in [0, 0.1) is 10.8 Å². The van der Waals surface area contributed by atoms with Crippen molar-refractivity contribution in [1.82, 2.24) is 5.32 Å². The Morgan fingerprint density at radius 1 is 1.16 bits per heavy atom. The lowest BCUT2D eigenvalue weighted by Crippen LogP contribution is -2.51. The smallest absolute Gasteiger partial charge is 0.256 e. The lowest BCUT2D eigenvalue weighted by atomic mass is 9.62. The monoisotopic (exact) mass is 390 g/mol. The van der Waals surface area contributed by atoms with E-state index in [1.54, 1.807) is 0 Å². The number of rotatable bonds is 9. The highest BCUT2D eigenvalue weighted by Crippen LogP contribution is 2.46. The Morgan fingerprint density at radius 3 is 2.44 bits per heavy atom. The van der Waals surface area contributed by atoms with Crippen molar-refractivity contribution < 1.29 is 8.92 Å². The number of thiol groups is 1. The Bertz CT molecular complexity index is 455. The Labute approximate surface area is 163 Å². The number of hydrogen-bond donors (Lipinski definition) is 3. The third kappa shape index (κ3) is 8.37. The molecule has 0 bridgehead atoms. The summed E-state index contributed by atoms with van der Waals surface area (Å²) < 4.78 is 11.4. The van der Waals surface area contributed by atoms with E-state index in [1.165, 1.54) is 0 Å². The zero-order valence-corrected chi connectivity index (χ0v) is 18.4. The minimum Gasteiger partial charge on any atom is -0.471 e. The van der Waals surface area contributed by atoms with E-state index in [9.17, 15) is 0 Å². The average Bonchev–Trinajstić information content (AvgIpc) is 2.49. The number of unbranched alkanes of at least 4 members (excludes halogenated alkanes) is 2. The number of nitrogens with one attached hydrogen (secondary N) is 1. The second-order valence-corrected chi connectivity index (χ2v) is 9.60. The van der Waals surface area contributed by atoms with Gasteiger partial charge in [-0.25, -0.2) is 0 Å². The average molecular weight is 391 g/mol. The van der Waals surface area contributed by atoms with Crippen molar-refractivity contribution in [3.8, 4) is 0 Å². The minimum absolute atomic E-state index is 0.0494. The van der Waals surface area contributed by atoms with Gasteiger partial charge in [-0.15, -0.1) is 0 Å². The summed E-state index contributed by atoms with van der Waals surface area (Å²) in [4.78, 5) is 0.931. The summed E-state index contributed by atoms with van der Waals surface area (Å²) in [6.45, 7) is 12.7. The van der Waals surface area contributed by atoms with Crippen molar-refractivity contribution in [1.29, 1.82) is 0 Å². The highest BCUT2D eigenvalue weighted by Gasteiger charge is 2.43. The second-order valence-electron chi connectivity index (χ2n) is 8.30. The molecule has 0 spiro atoms. The van der Waals surface area contributed by atoms with E-state index in [4.69, 9.17) is 26.9 Å². The maximum Gasteiger partial charge on any atom is 0.256 e. The fraction of sp³-hybridized carbons (Fsp3) is 0.895. The van der Waals surface area contributed by atoms with Gasteiger partial charge >= 0.3 is 0 Å². The summed E-state index contributed by atoms with van der Waals surface area (Å²) in [5.41, 5.74) is 6.62. The van der Waals surface area contributed by atoms with Crippen molar-refractivity contribution >= 4 is 34.0 Å². The quantitative estimate of drug-likeness (QED) is 0.306. The molecule has 3 N–H and O–H groups in total. The highest BCUT2D eigenvalue weighted by atomic mass is 32.2. The Kier molecular flexibility index (Phi) is 9.93. The van der Waals surface area contributed by atoms with Crippen LogP contribution in [-0.2, 0) is 8.92 Å². The van der Waals surface area contributed by atoms with Gasteiger partial charge in [0.05, 0.1) is 13.2 Å². The van der Waals surface area contributed by atoms with E-state index in [1.807, 2.05) is 0 Å². The third-order valence-electron chi connectivity index (χ3n) is 4.79. The molecule has 0 aliphatic heterocycles. The lowest BCUT2D eigenvalue weighted by molar-refractivity contribution is 0.123. The summed E-state index contributed by atoms with van der Waals surface area (Å²) in [6.07, 6.45) is 7.46. The van der Waals surface area contributed by atoms with Crippen molar-refractivity contribution in [2.75, 3.05) is 13.2 Å². The molecule has 1 rings (SSSR count). The van der Waals surface area contributed by atoms with Crippen LogP contribution in [0.3, 0.4) is 0 Å².